The Morgan fingerprint density at radius 2 is 1.51 bits per heavy atom. The maximum Gasteiger partial charge on any atom is 0.0923 e. The minimum absolute atomic E-state index is 0.0147. The molecule has 0 spiro atoms. The molecule has 0 radical (unpaired) electrons. The van der Waals surface area contributed by atoms with Crippen molar-refractivity contribution in [2.75, 3.05) is 0 Å². The summed E-state index contributed by atoms with van der Waals surface area (Å²) >= 11 is 3.78. The summed E-state index contributed by atoms with van der Waals surface area (Å²) in [5, 5.41) is 43.7. The van der Waals surface area contributed by atoms with Crippen molar-refractivity contribution in [3.63, 3.8) is 0 Å². The van der Waals surface area contributed by atoms with E-state index >= 15 is 0 Å². The molecule has 39 heavy (non-hydrogen) atoms. The highest BCUT2D eigenvalue weighted by Crippen LogP contribution is 2.51. The van der Waals surface area contributed by atoms with Gasteiger partial charge >= 0.3 is 0 Å². The zero-order valence-corrected chi connectivity index (χ0v) is 27.1. The second-order valence-corrected chi connectivity index (χ2v) is 16.6. The van der Waals surface area contributed by atoms with E-state index in [1.807, 2.05) is 13.8 Å². The van der Waals surface area contributed by atoms with Crippen molar-refractivity contribution in [2.45, 2.75) is 183 Å². The number of aliphatic hydroxyl groups is 4. The molecule has 3 saturated heterocycles. The van der Waals surface area contributed by atoms with Gasteiger partial charge in [-0.05, 0) is 118 Å². The first-order valence-electron chi connectivity index (χ1n) is 15.2. The Morgan fingerprint density at radius 1 is 0.897 bits per heavy atom. The molecule has 8 heteroatoms. The van der Waals surface area contributed by atoms with Gasteiger partial charge in [-0.15, -0.1) is 0 Å². The molecule has 11 atom stereocenters. The Labute approximate surface area is 244 Å². The molecule has 3 aliphatic heterocycles. The summed E-state index contributed by atoms with van der Waals surface area (Å²) in [6, 6.07) is 0. The second-order valence-electron chi connectivity index (χ2n) is 15.5. The molecule has 4 aliphatic rings. The number of ether oxygens (including phenoxy) is 3. The van der Waals surface area contributed by atoms with Gasteiger partial charge in [-0.2, -0.15) is 0 Å². The molecule has 3 heterocycles. The van der Waals surface area contributed by atoms with Gasteiger partial charge in [0, 0.05) is 10.7 Å². The van der Waals surface area contributed by atoms with E-state index in [1.165, 1.54) is 0 Å². The fourth-order valence-corrected chi connectivity index (χ4v) is 8.37. The Hall–Kier alpha value is 0.200. The third kappa shape index (κ3) is 6.43. The van der Waals surface area contributed by atoms with Crippen molar-refractivity contribution in [3.8, 4) is 0 Å². The second kappa shape index (κ2) is 10.7. The Kier molecular flexibility index (Phi) is 8.83. The normalized spacial score (nSPS) is 47.3. The van der Waals surface area contributed by atoms with Crippen molar-refractivity contribution in [1.82, 2.24) is 0 Å². The van der Waals surface area contributed by atoms with Crippen LogP contribution in [0.15, 0.2) is 0 Å². The predicted octanol–water partition coefficient (Wildman–Crippen LogP) is 5.02. The summed E-state index contributed by atoms with van der Waals surface area (Å²) in [6.45, 7) is 15.8. The number of hydrogen-bond acceptors (Lipinski definition) is 7. The van der Waals surface area contributed by atoms with E-state index in [2.05, 4.69) is 43.6 Å². The van der Waals surface area contributed by atoms with E-state index in [1.54, 1.807) is 13.8 Å². The van der Waals surface area contributed by atoms with Crippen LogP contribution in [-0.4, -0.2) is 83.8 Å². The number of alkyl halides is 1. The number of rotatable bonds is 7. The Bertz CT molecular complexity index is 873. The summed E-state index contributed by atoms with van der Waals surface area (Å²) in [5.41, 5.74) is -3.65. The van der Waals surface area contributed by atoms with Crippen LogP contribution in [0.25, 0.3) is 0 Å². The van der Waals surface area contributed by atoms with Gasteiger partial charge in [-0.3, -0.25) is 0 Å². The lowest BCUT2D eigenvalue weighted by atomic mass is 9.74. The van der Waals surface area contributed by atoms with Crippen LogP contribution in [0.4, 0.5) is 0 Å². The van der Waals surface area contributed by atoms with Crippen LogP contribution >= 0.6 is 15.9 Å². The minimum atomic E-state index is -1.09. The zero-order valence-electron chi connectivity index (χ0n) is 25.5. The maximum absolute atomic E-state index is 11.5. The summed E-state index contributed by atoms with van der Waals surface area (Å²) in [7, 11) is 0. The smallest absolute Gasteiger partial charge is 0.0923 e. The van der Waals surface area contributed by atoms with Gasteiger partial charge in [0.2, 0.25) is 0 Å². The summed E-state index contributed by atoms with van der Waals surface area (Å²) in [5.74, 6) is -0.278. The van der Waals surface area contributed by atoms with E-state index in [0.29, 0.717) is 36.9 Å². The average Bonchev–Trinajstić information content (AvgIpc) is 3.14. The lowest BCUT2D eigenvalue weighted by Crippen LogP contribution is -2.63. The van der Waals surface area contributed by atoms with Gasteiger partial charge in [0.25, 0.3) is 0 Å². The van der Waals surface area contributed by atoms with Crippen LogP contribution < -0.4 is 0 Å². The number of hydrogen-bond donors (Lipinski definition) is 4. The first-order valence-corrected chi connectivity index (χ1v) is 16.1. The van der Waals surface area contributed by atoms with Gasteiger partial charge in [0.15, 0.2) is 0 Å². The quantitative estimate of drug-likeness (QED) is 0.297. The van der Waals surface area contributed by atoms with Crippen LogP contribution in [-0.2, 0) is 14.2 Å². The molecule has 0 aromatic heterocycles. The predicted molar refractivity (Wildman–Crippen MR) is 155 cm³/mol. The largest absolute Gasteiger partial charge is 0.393 e. The van der Waals surface area contributed by atoms with Gasteiger partial charge in [0.05, 0.1) is 58.5 Å². The molecule has 0 bridgehead atoms. The molecule has 4 N–H and O–H groups in total. The highest BCUT2D eigenvalue weighted by molar-refractivity contribution is 9.09. The third-order valence-corrected chi connectivity index (χ3v) is 12.6. The zero-order chi connectivity index (χ0) is 29.2. The molecule has 4 rings (SSSR count). The third-order valence-electron chi connectivity index (χ3n) is 11.0. The molecule has 1 saturated carbocycles. The summed E-state index contributed by atoms with van der Waals surface area (Å²) in [4.78, 5) is 0.329. The highest BCUT2D eigenvalue weighted by Gasteiger charge is 2.56. The van der Waals surface area contributed by atoms with Crippen LogP contribution in [0.3, 0.4) is 0 Å². The molecule has 1 aliphatic carbocycles. The molecule has 0 aromatic rings. The number of fused-ring (bicyclic) bond motifs is 1. The topological polar surface area (TPSA) is 109 Å². The SMILES string of the molecule is CC(C)(O)[C@@H]1C[C@@](C)([C@@H](O)CC[C@](C)(O)[C@H]2CC[C@H]3O[C@@H]([C@]4(C)CC[C@@H](Br)C(C)(C)O4)CC[C@]3(C)O2)C[C@@H]1O. The molecular formula is C31H55BrO7. The standard InChI is InChI=1S/C31H55BrO7/c1-26(2,35)19-17-28(5,18-20(19)33)22(34)12-14-29(6,36)23-9-10-24-30(7,38-23)16-13-25(37-24)31(8)15-11-21(32)27(3,4)39-31/h19-25,33-36H,9-18H2,1-8H3/t19-,20+,21-,22+,23-,24-,25-,28-,29+,30+,31+/m1/s1. The van der Waals surface area contributed by atoms with E-state index in [9.17, 15) is 20.4 Å². The maximum atomic E-state index is 11.5. The summed E-state index contributed by atoms with van der Waals surface area (Å²) < 4.78 is 20.0. The average molecular weight is 620 g/mol. The van der Waals surface area contributed by atoms with Crippen LogP contribution in [0, 0.1) is 11.3 Å². The van der Waals surface area contributed by atoms with Crippen LogP contribution in [0.1, 0.15) is 120 Å². The van der Waals surface area contributed by atoms with E-state index in [4.69, 9.17) is 14.2 Å². The van der Waals surface area contributed by atoms with Crippen molar-refractivity contribution in [1.29, 1.82) is 0 Å². The molecule has 228 valence electrons. The molecule has 0 amide bonds. The van der Waals surface area contributed by atoms with Crippen molar-refractivity contribution < 1.29 is 34.6 Å². The highest BCUT2D eigenvalue weighted by atomic mass is 79.9. The fraction of sp³-hybridized carbons (Fsp3) is 1.00. The monoisotopic (exact) mass is 618 g/mol. The molecule has 7 nitrogen and oxygen atoms in total. The number of aliphatic hydroxyl groups excluding tert-OH is 2. The minimum Gasteiger partial charge on any atom is -0.393 e. The van der Waals surface area contributed by atoms with E-state index < -0.39 is 34.4 Å². The molecular weight excluding hydrogens is 564 g/mol. The van der Waals surface area contributed by atoms with Crippen molar-refractivity contribution >= 4 is 15.9 Å². The van der Waals surface area contributed by atoms with Crippen LogP contribution in [0.5, 0.6) is 0 Å². The van der Waals surface area contributed by atoms with Gasteiger partial charge in [-0.1, -0.05) is 22.9 Å². The lowest BCUT2D eigenvalue weighted by Gasteiger charge is -2.56. The van der Waals surface area contributed by atoms with Gasteiger partial charge in [0.1, 0.15) is 0 Å². The molecule has 0 unspecified atom stereocenters. The van der Waals surface area contributed by atoms with Crippen molar-refractivity contribution in [2.24, 2.45) is 11.3 Å². The fourth-order valence-electron chi connectivity index (χ4n) is 8.05. The van der Waals surface area contributed by atoms with Gasteiger partial charge in [-0.25, -0.2) is 0 Å². The van der Waals surface area contributed by atoms with Crippen molar-refractivity contribution in [3.05, 3.63) is 0 Å². The van der Waals surface area contributed by atoms with E-state index in [-0.39, 0.29) is 35.4 Å². The lowest BCUT2D eigenvalue weighted by molar-refractivity contribution is -0.301. The molecule has 4 fully saturated rings. The Balaban J connectivity index is 1.34. The van der Waals surface area contributed by atoms with E-state index in [0.717, 1.165) is 32.1 Å². The summed E-state index contributed by atoms with van der Waals surface area (Å²) in [6.07, 6.45) is 5.31. The first kappa shape index (κ1) is 32.1. The molecule has 0 aromatic carbocycles. The first-order chi connectivity index (χ1) is 17.7. The van der Waals surface area contributed by atoms with Gasteiger partial charge < -0.3 is 34.6 Å². The Morgan fingerprint density at radius 3 is 2.10 bits per heavy atom. The van der Waals surface area contributed by atoms with Crippen LogP contribution in [0.2, 0.25) is 0 Å². The number of halogens is 1.